The van der Waals surface area contributed by atoms with Gasteiger partial charge < -0.3 is 14.8 Å². The molecule has 1 N–H and O–H groups in total. The number of hydrogen-bond donors (Lipinski definition) is 1. The second kappa shape index (κ2) is 12.9. The number of hydrogen-bond acceptors (Lipinski definition) is 7. The van der Waals surface area contributed by atoms with Crippen LogP contribution in [0, 0.1) is 11.8 Å². The highest BCUT2D eigenvalue weighted by atomic mass is 35.5. The molecule has 34 heavy (non-hydrogen) atoms. The lowest BCUT2D eigenvalue weighted by molar-refractivity contribution is -0.155. The van der Waals surface area contributed by atoms with Gasteiger partial charge in [0.15, 0.2) is 9.84 Å². The van der Waals surface area contributed by atoms with Gasteiger partial charge in [0.1, 0.15) is 16.6 Å². The Morgan fingerprint density at radius 3 is 2.15 bits per heavy atom. The molecule has 0 spiro atoms. The van der Waals surface area contributed by atoms with Crippen LogP contribution in [-0.4, -0.2) is 44.2 Å². The molecule has 1 amide bonds. The summed E-state index contributed by atoms with van der Waals surface area (Å²) < 4.78 is 33.6. The molecule has 0 fully saturated rings. The fourth-order valence-electron chi connectivity index (χ4n) is 2.89. The van der Waals surface area contributed by atoms with E-state index >= 15 is 0 Å². The summed E-state index contributed by atoms with van der Waals surface area (Å²) >= 11 is 5.87. The third-order valence-electron chi connectivity index (χ3n) is 4.59. The first-order chi connectivity index (χ1) is 15.6. The van der Waals surface area contributed by atoms with E-state index in [4.69, 9.17) is 21.1 Å². The van der Waals surface area contributed by atoms with Crippen molar-refractivity contribution in [3.63, 3.8) is 0 Å². The largest absolute Gasteiger partial charge is 0.461 e. The number of nitrogens with one attached hydrogen (secondary N) is 1. The molecule has 10 heteroatoms. The first kappa shape index (κ1) is 29.6. The Balaban J connectivity index is 2.95. The van der Waals surface area contributed by atoms with Crippen LogP contribution in [0.4, 0.5) is 0 Å². The quantitative estimate of drug-likeness (QED) is 0.446. The molecular formula is C24H34ClNO7S. The zero-order chi connectivity index (χ0) is 26.1. The summed E-state index contributed by atoms with van der Waals surface area (Å²) in [4.78, 5) is 37.7. The summed E-state index contributed by atoms with van der Waals surface area (Å²) in [6.07, 6.45) is 1.48. The zero-order valence-electron chi connectivity index (χ0n) is 20.5. The highest BCUT2D eigenvalue weighted by Gasteiger charge is 2.29. The molecule has 0 saturated heterocycles. The summed E-state index contributed by atoms with van der Waals surface area (Å²) in [5, 5.41) is 2.62. The molecule has 0 heterocycles. The molecular weight excluding hydrogens is 482 g/mol. The monoisotopic (exact) mass is 515 g/mol. The maximum atomic E-state index is 13.0. The normalized spacial score (nSPS) is 14.3. The Morgan fingerprint density at radius 1 is 1.06 bits per heavy atom. The van der Waals surface area contributed by atoms with Crippen LogP contribution in [0.25, 0.3) is 0 Å². The van der Waals surface area contributed by atoms with Crippen LogP contribution in [0.2, 0.25) is 0 Å². The Bertz CT molecular complexity index is 982. The maximum Gasteiger partial charge on any atom is 0.308 e. The number of esters is 2. The van der Waals surface area contributed by atoms with Crippen LogP contribution >= 0.6 is 11.6 Å². The Kier molecular flexibility index (Phi) is 11.2. The van der Waals surface area contributed by atoms with Gasteiger partial charge in [-0.15, -0.1) is 0 Å². The molecule has 0 aliphatic rings. The lowest BCUT2D eigenvalue weighted by Crippen LogP contribution is -2.42. The second-order valence-corrected chi connectivity index (χ2v) is 12.0. The third kappa shape index (κ3) is 11.7. The predicted molar refractivity (Wildman–Crippen MR) is 130 cm³/mol. The molecule has 8 nitrogen and oxygen atoms in total. The topological polar surface area (TPSA) is 116 Å². The summed E-state index contributed by atoms with van der Waals surface area (Å²) in [6, 6.07) is 8.09. The van der Waals surface area contributed by atoms with Crippen molar-refractivity contribution >= 4 is 39.3 Å². The average Bonchev–Trinajstić information content (AvgIpc) is 2.68. The fourth-order valence-corrected chi connectivity index (χ4v) is 3.46. The van der Waals surface area contributed by atoms with Crippen LogP contribution in [0.15, 0.2) is 40.8 Å². The van der Waals surface area contributed by atoms with Crippen molar-refractivity contribution in [2.45, 2.75) is 65.7 Å². The van der Waals surface area contributed by atoms with Crippen molar-refractivity contribution in [2.24, 2.45) is 11.8 Å². The van der Waals surface area contributed by atoms with Crippen LogP contribution in [0.1, 0.15) is 53.0 Å². The number of ether oxygens (including phenoxy) is 2. The van der Waals surface area contributed by atoms with E-state index < -0.39 is 49.6 Å². The van der Waals surface area contributed by atoms with Crippen molar-refractivity contribution in [1.29, 1.82) is 0 Å². The SMILES string of the molecule is CC(C)[C@H](CC(=O)OCc1ccccc1)C(=O)N[C@H](/C=C(\Cl)S(C)(=O)=O)CC(=O)OC(C)(C)C. The number of amides is 1. The van der Waals surface area contributed by atoms with E-state index in [-0.39, 0.29) is 25.4 Å². The smallest absolute Gasteiger partial charge is 0.308 e. The number of rotatable bonds is 11. The maximum absolute atomic E-state index is 13.0. The van der Waals surface area contributed by atoms with E-state index in [1.807, 2.05) is 30.3 Å². The first-order valence-corrected chi connectivity index (χ1v) is 13.1. The van der Waals surface area contributed by atoms with Crippen molar-refractivity contribution in [2.75, 3.05) is 6.26 Å². The van der Waals surface area contributed by atoms with Crippen LogP contribution in [-0.2, 0) is 40.3 Å². The van der Waals surface area contributed by atoms with E-state index in [1.54, 1.807) is 34.6 Å². The average molecular weight is 516 g/mol. The van der Waals surface area contributed by atoms with Gasteiger partial charge in [-0.2, -0.15) is 0 Å². The summed E-state index contributed by atoms with van der Waals surface area (Å²) in [6.45, 7) is 8.70. The molecule has 190 valence electrons. The van der Waals surface area contributed by atoms with E-state index in [2.05, 4.69) is 5.32 Å². The van der Waals surface area contributed by atoms with Gasteiger partial charge in [0, 0.05) is 6.26 Å². The number of benzene rings is 1. The van der Waals surface area contributed by atoms with Gasteiger partial charge in [-0.05, 0) is 38.3 Å². The van der Waals surface area contributed by atoms with Gasteiger partial charge in [-0.1, -0.05) is 55.8 Å². The molecule has 0 aliphatic carbocycles. The molecule has 0 unspecified atom stereocenters. The zero-order valence-corrected chi connectivity index (χ0v) is 22.0. The van der Waals surface area contributed by atoms with Gasteiger partial charge >= 0.3 is 11.9 Å². The predicted octanol–water partition coefficient (Wildman–Crippen LogP) is 3.73. The summed E-state index contributed by atoms with van der Waals surface area (Å²) in [5.74, 6) is -2.73. The molecule has 0 aliphatic heterocycles. The highest BCUT2D eigenvalue weighted by molar-refractivity contribution is 7.96. The molecule has 1 aromatic carbocycles. The van der Waals surface area contributed by atoms with E-state index in [9.17, 15) is 22.8 Å². The molecule has 0 radical (unpaired) electrons. The number of sulfone groups is 1. The number of carbonyl (C=O) groups excluding carboxylic acids is 3. The van der Waals surface area contributed by atoms with E-state index in [0.717, 1.165) is 17.9 Å². The Hall–Kier alpha value is -2.39. The number of carbonyl (C=O) groups is 3. The molecule has 2 atom stereocenters. The van der Waals surface area contributed by atoms with Gasteiger partial charge in [0.05, 0.1) is 24.8 Å². The van der Waals surface area contributed by atoms with Gasteiger partial charge in [-0.25, -0.2) is 8.42 Å². The van der Waals surface area contributed by atoms with Crippen molar-refractivity contribution in [3.8, 4) is 0 Å². The molecule has 1 rings (SSSR count). The van der Waals surface area contributed by atoms with E-state index in [0.29, 0.717) is 0 Å². The van der Waals surface area contributed by atoms with Gasteiger partial charge in [-0.3, -0.25) is 14.4 Å². The highest BCUT2D eigenvalue weighted by Crippen LogP contribution is 2.20. The first-order valence-electron chi connectivity index (χ1n) is 10.9. The molecule has 1 aromatic rings. The van der Waals surface area contributed by atoms with Gasteiger partial charge in [0.2, 0.25) is 5.91 Å². The molecule has 0 saturated carbocycles. The van der Waals surface area contributed by atoms with Crippen LogP contribution < -0.4 is 5.32 Å². The van der Waals surface area contributed by atoms with Crippen molar-refractivity contribution in [1.82, 2.24) is 5.32 Å². The summed E-state index contributed by atoms with van der Waals surface area (Å²) in [5.41, 5.74) is 0.0540. The Morgan fingerprint density at radius 2 is 1.65 bits per heavy atom. The van der Waals surface area contributed by atoms with Crippen LogP contribution in [0.5, 0.6) is 0 Å². The fraction of sp³-hybridized carbons (Fsp3) is 0.542. The minimum atomic E-state index is -3.74. The van der Waals surface area contributed by atoms with Crippen LogP contribution in [0.3, 0.4) is 0 Å². The van der Waals surface area contributed by atoms with Crippen molar-refractivity contribution in [3.05, 3.63) is 46.3 Å². The minimum Gasteiger partial charge on any atom is -0.461 e. The van der Waals surface area contributed by atoms with E-state index in [1.165, 1.54) is 0 Å². The van der Waals surface area contributed by atoms with Gasteiger partial charge in [0.25, 0.3) is 0 Å². The lowest BCUT2D eigenvalue weighted by Gasteiger charge is -2.24. The van der Waals surface area contributed by atoms with Crippen molar-refractivity contribution < 1.29 is 32.3 Å². The summed E-state index contributed by atoms with van der Waals surface area (Å²) in [7, 11) is -3.74. The minimum absolute atomic E-state index is 0.0834. The standard InChI is InChI=1S/C24H34ClNO7S/c1-16(2)19(14-21(27)32-15-17-10-8-7-9-11-17)23(29)26-18(12-20(25)34(6,30)31)13-22(28)33-24(3,4)5/h7-12,16,18-19H,13-15H2,1-6H3,(H,26,29)/b20-12+/t18-,19+/m1/s1. The molecule has 0 aromatic heterocycles. The lowest BCUT2D eigenvalue weighted by atomic mass is 9.91. The second-order valence-electron chi connectivity index (χ2n) is 9.35. The molecule has 0 bridgehead atoms. The third-order valence-corrected chi connectivity index (χ3v) is 6.40. The Labute approximate surface area is 207 Å². The number of halogens is 1.